The Hall–Kier alpha value is -3.03. The standard InChI is InChI=1S/C26H24ClN3O3S/c1-2-33-17-12-10-15(11-13-17)21-22-19(8-5-9-20(22)31)28-24-23(21)25(32)30-26(29-24)34-14-16-6-3-4-7-18(16)27/h3-4,6-8,10-13,21-22H,2,5,9,14H2,1H3,(H2,28,29,30,32). The molecule has 2 aromatic carbocycles. The van der Waals surface area contributed by atoms with Crippen molar-refractivity contribution in [3.8, 4) is 5.75 Å². The van der Waals surface area contributed by atoms with Crippen LogP contribution in [0.4, 0.5) is 5.82 Å². The van der Waals surface area contributed by atoms with Crippen LogP contribution in [0, 0.1) is 5.92 Å². The predicted molar refractivity (Wildman–Crippen MR) is 135 cm³/mol. The lowest BCUT2D eigenvalue weighted by Crippen LogP contribution is -2.38. The Labute approximate surface area is 206 Å². The molecule has 0 spiro atoms. The Balaban J connectivity index is 1.54. The molecule has 2 N–H and O–H groups in total. The van der Waals surface area contributed by atoms with Crippen molar-refractivity contribution < 1.29 is 9.53 Å². The highest BCUT2D eigenvalue weighted by Gasteiger charge is 2.42. The summed E-state index contributed by atoms with van der Waals surface area (Å²) < 4.78 is 5.57. The highest BCUT2D eigenvalue weighted by molar-refractivity contribution is 7.98. The molecule has 1 aromatic heterocycles. The van der Waals surface area contributed by atoms with Gasteiger partial charge in [-0.25, -0.2) is 4.98 Å². The first-order chi connectivity index (χ1) is 16.5. The van der Waals surface area contributed by atoms with Gasteiger partial charge in [0.05, 0.1) is 18.1 Å². The van der Waals surface area contributed by atoms with Crippen LogP contribution in [-0.4, -0.2) is 22.4 Å². The van der Waals surface area contributed by atoms with Crippen molar-refractivity contribution in [2.24, 2.45) is 5.92 Å². The second-order valence-corrected chi connectivity index (χ2v) is 9.63. The van der Waals surface area contributed by atoms with Gasteiger partial charge < -0.3 is 15.0 Å². The Morgan fingerprint density at radius 3 is 2.68 bits per heavy atom. The van der Waals surface area contributed by atoms with Crippen LogP contribution in [0.3, 0.4) is 0 Å². The molecule has 34 heavy (non-hydrogen) atoms. The maximum absolute atomic E-state index is 13.4. The summed E-state index contributed by atoms with van der Waals surface area (Å²) in [5.41, 5.74) is 2.93. The van der Waals surface area contributed by atoms with Gasteiger partial charge in [-0.3, -0.25) is 9.59 Å². The summed E-state index contributed by atoms with van der Waals surface area (Å²) in [4.78, 5) is 34.0. The second kappa shape index (κ2) is 9.68. The molecule has 1 aliphatic heterocycles. The molecule has 0 saturated carbocycles. The number of rotatable bonds is 6. The van der Waals surface area contributed by atoms with Gasteiger partial charge in [-0.15, -0.1) is 0 Å². The van der Waals surface area contributed by atoms with E-state index in [2.05, 4.69) is 16.4 Å². The van der Waals surface area contributed by atoms with Gasteiger partial charge in [0.2, 0.25) is 0 Å². The monoisotopic (exact) mass is 493 g/mol. The van der Waals surface area contributed by atoms with Gasteiger partial charge in [-0.2, -0.15) is 0 Å². The minimum atomic E-state index is -0.427. The number of carbonyl (C=O) groups excluding carboxylic acids is 1. The summed E-state index contributed by atoms with van der Waals surface area (Å²) in [5.74, 6) is 1.12. The molecule has 174 valence electrons. The number of thioether (sulfide) groups is 1. The highest BCUT2D eigenvalue weighted by atomic mass is 35.5. The molecule has 2 atom stereocenters. The van der Waals surface area contributed by atoms with Crippen molar-refractivity contribution in [1.82, 2.24) is 9.97 Å². The SMILES string of the molecule is CCOc1ccc(C2c3c(nc(SCc4ccccc4Cl)[nH]c3=O)NC3=CCCC(=O)C32)cc1. The molecular weight excluding hydrogens is 470 g/mol. The van der Waals surface area contributed by atoms with Gasteiger partial charge >= 0.3 is 0 Å². The molecule has 2 unspecified atom stereocenters. The molecule has 2 heterocycles. The third-order valence-corrected chi connectivity index (χ3v) is 7.44. The molecule has 5 rings (SSSR count). The summed E-state index contributed by atoms with van der Waals surface area (Å²) in [6.45, 7) is 2.50. The average molecular weight is 494 g/mol. The van der Waals surface area contributed by atoms with Gasteiger partial charge in [0.15, 0.2) is 5.16 Å². The maximum atomic E-state index is 13.4. The topological polar surface area (TPSA) is 84.1 Å². The van der Waals surface area contributed by atoms with Crippen LogP contribution in [0.25, 0.3) is 0 Å². The quantitative estimate of drug-likeness (QED) is 0.346. The largest absolute Gasteiger partial charge is 0.494 e. The summed E-state index contributed by atoms with van der Waals surface area (Å²) in [7, 11) is 0. The minimum Gasteiger partial charge on any atom is -0.494 e. The number of hydrogen-bond donors (Lipinski definition) is 2. The lowest BCUT2D eigenvalue weighted by Gasteiger charge is -2.36. The van der Waals surface area contributed by atoms with E-state index >= 15 is 0 Å². The van der Waals surface area contributed by atoms with Gasteiger partial charge in [-0.1, -0.05) is 59.8 Å². The van der Waals surface area contributed by atoms with Crippen LogP contribution in [0.2, 0.25) is 5.02 Å². The number of fused-ring (bicyclic) bond motifs is 2. The molecule has 3 aromatic rings. The maximum Gasteiger partial charge on any atom is 0.257 e. The zero-order valence-corrected chi connectivity index (χ0v) is 20.2. The average Bonchev–Trinajstić information content (AvgIpc) is 2.83. The number of nitrogens with zero attached hydrogens (tertiary/aromatic N) is 1. The summed E-state index contributed by atoms with van der Waals surface area (Å²) in [6.07, 6.45) is 3.20. The number of aromatic amines is 1. The number of benzene rings is 2. The second-order valence-electron chi connectivity index (χ2n) is 8.26. The normalized spacial score (nSPS) is 19.0. The molecule has 8 heteroatoms. The zero-order chi connectivity index (χ0) is 23.7. The minimum absolute atomic E-state index is 0.131. The first kappa shape index (κ1) is 22.7. The zero-order valence-electron chi connectivity index (χ0n) is 18.6. The fraction of sp³-hybridized carbons (Fsp3) is 0.269. The lowest BCUT2D eigenvalue weighted by atomic mass is 9.72. The van der Waals surface area contributed by atoms with E-state index < -0.39 is 11.8 Å². The predicted octanol–water partition coefficient (Wildman–Crippen LogP) is 5.53. The van der Waals surface area contributed by atoms with E-state index in [0.29, 0.717) is 46.8 Å². The van der Waals surface area contributed by atoms with E-state index in [-0.39, 0.29) is 11.3 Å². The molecule has 2 aliphatic rings. The number of halogens is 1. The van der Waals surface area contributed by atoms with E-state index in [4.69, 9.17) is 21.3 Å². The first-order valence-corrected chi connectivity index (χ1v) is 12.6. The number of ether oxygens (including phenoxy) is 1. The Kier molecular flexibility index (Phi) is 6.48. The van der Waals surface area contributed by atoms with E-state index in [9.17, 15) is 9.59 Å². The van der Waals surface area contributed by atoms with Crippen LogP contribution in [-0.2, 0) is 10.5 Å². The van der Waals surface area contributed by atoms with Crippen molar-refractivity contribution in [2.45, 2.75) is 36.6 Å². The van der Waals surface area contributed by atoms with Crippen LogP contribution in [0.15, 0.2) is 70.3 Å². The van der Waals surface area contributed by atoms with Crippen LogP contribution in [0.1, 0.15) is 42.4 Å². The fourth-order valence-corrected chi connectivity index (χ4v) is 5.74. The number of H-pyrrole nitrogens is 1. The van der Waals surface area contributed by atoms with Crippen LogP contribution >= 0.6 is 23.4 Å². The van der Waals surface area contributed by atoms with Crippen LogP contribution in [0.5, 0.6) is 5.75 Å². The number of carbonyl (C=O) groups is 1. The number of ketones is 1. The van der Waals surface area contributed by atoms with E-state index in [1.807, 2.05) is 55.5 Å². The van der Waals surface area contributed by atoms with Crippen molar-refractivity contribution in [3.05, 3.63) is 92.4 Å². The molecular formula is C26H24ClN3O3S. The van der Waals surface area contributed by atoms with Gasteiger partial charge in [0.1, 0.15) is 17.4 Å². The van der Waals surface area contributed by atoms with Crippen molar-refractivity contribution in [2.75, 3.05) is 11.9 Å². The van der Waals surface area contributed by atoms with E-state index in [0.717, 1.165) is 22.6 Å². The summed E-state index contributed by atoms with van der Waals surface area (Å²) in [6, 6.07) is 15.2. The molecule has 0 saturated heterocycles. The van der Waals surface area contributed by atoms with Crippen molar-refractivity contribution in [1.29, 1.82) is 0 Å². The Bertz CT molecular complexity index is 1320. The van der Waals surface area contributed by atoms with E-state index in [1.54, 1.807) is 0 Å². The number of Topliss-reactive ketones (excluding diaryl/α,β-unsaturated/α-hetero) is 1. The molecule has 0 radical (unpaired) electrons. The Morgan fingerprint density at radius 1 is 1.12 bits per heavy atom. The molecule has 1 aliphatic carbocycles. The van der Waals surface area contributed by atoms with Crippen LogP contribution < -0.4 is 15.6 Å². The van der Waals surface area contributed by atoms with Crippen molar-refractivity contribution in [3.63, 3.8) is 0 Å². The summed E-state index contributed by atoms with van der Waals surface area (Å²) >= 11 is 7.69. The molecule has 0 fully saturated rings. The highest BCUT2D eigenvalue weighted by Crippen LogP contribution is 2.45. The van der Waals surface area contributed by atoms with Gasteiger partial charge in [-0.05, 0) is 42.7 Å². The number of anilines is 1. The number of allylic oxidation sites excluding steroid dienone is 2. The third kappa shape index (κ3) is 4.38. The van der Waals surface area contributed by atoms with Gasteiger partial charge in [0.25, 0.3) is 5.56 Å². The molecule has 0 bridgehead atoms. The number of hydrogen-bond acceptors (Lipinski definition) is 6. The molecule has 6 nitrogen and oxygen atoms in total. The number of aromatic nitrogens is 2. The van der Waals surface area contributed by atoms with Crippen molar-refractivity contribution >= 4 is 35.0 Å². The summed E-state index contributed by atoms with van der Waals surface area (Å²) in [5, 5.41) is 4.48. The number of nitrogens with one attached hydrogen (secondary N) is 2. The Morgan fingerprint density at radius 2 is 1.91 bits per heavy atom. The fourth-order valence-electron chi connectivity index (χ4n) is 4.60. The lowest BCUT2D eigenvalue weighted by molar-refractivity contribution is -0.122. The first-order valence-electron chi connectivity index (χ1n) is 11.3. The smallest absolute Gasteiger partial charge is 0.257 e. The molecule has 0 amide bonds. The third-order valence-electron chi connectivity index (χ3n) is 6.15. The van der Waals surface area contributed by atoms with Gasteiger partial charge in [0, 0.05) is 28.8 Å². The van der Waals surface area contributed by atoms with E-state index in [1.165, 1.54) is 11.8 Å².